The summed E-state index contributed by atoms with van der Waals surface area (Å²) in [6.07, 6.45) is 5.23. The topological polar surface area (TPSA) is 48.7 Å². The van der Waals surface area contributed by atoms with Gasteiger partial charge in [-0.05, 0) is 42.2 Å². The maximum atomic E-state index is 9.12. The highest BCUT2D eigenvalue weighted by atomic mass is 15.0. The highest BCUT2D eigenvalue weighted by Gasteiger charge is 2.38. The van der Waals surface area contributed by atoms with E-state index in [1.807, 2.05) is 6.07 Å². The molecule has 3 heteroatoms. The third-order valence-electron chi connectivity index (χ3n) is 3.82. The largest absolute Gasteiger partial charge is 0.366 e. The van der Waals surface area contributed by atoms with Crippen LogP contribution in [0.3, 0.4) is 0 Å². The van der Waals surface area contributed by atoms with Gasteiger partial charge < -0.3 is 5.32 Å². The first-order chi connectivity index (χ1) is 8.81. The number of pyridine rings is 1. The van der Waals surface area contributed by atoms with Crippen LogP contribution in [0.4, 0.5) is 5.82 Å². The van der Waals surface area contributed by atoms with E-state index in [0.29, 0.717) is 22.4 Å². The summed E-state index contributed by atoms with van der Waals surface area (Å²) >= 11 is 0. The van der Waals surface area contributed by atoms with E-state index in [9.17, 15) is 0 Å². The van der Waals surface area contributed by atoms with Gasteiger partial charge in [0.15, 0.2) is 0 Å². The van der Waals surface area contributed by atoms with E-state index < -0.39 is 0 Å². The van der Waals surface area contributed by atoms with Gasteiger partial charge in [-0.25, -0.2) is 4.98 Å². The molecular formula is C16H23N3. The lowest BCUT2D eigenvalue weighted by atomic mass is 9.63. The molecule has 0 aliphatic heterocycles. The number of hydrogen-bond donors (Lipinski definition) is 1. The van der Waals surface area contributed by atoms with Crippen molar-refractivity contribution >= 4 is 5.82 Å². The minimum atomic E-state index is 0.334. The molecule has 0 radical (unpaired) electrons. The Bertz CT molecular complexity index is 481. The van der Waals surface area contributed by atoms with Crippen LogP contribution in [0, 0.1) is 22.2 Å². The van der Waals surface area contributed by atoms with Crippen LogP contribution in [0.1, 0.15) is 52.5 Å². The summed E-state index contributed by atoms with van der Waals surface area (Å²) in [5.74, 6) is 0.725. The first kappa shape index (κ1) is 13.9. The Morgan fingerprint density at radius 1 is 1.26 bits per heavy atom. The van der Waals surface area contributed by atoms with Gasteiger partial charge in [-0.2, -0.15) is 5.26 Å². The monoisotopic (exact) mass is 257 g/mol. The van der Waals surface area contributed by atoms with Gasteiger partial charge in [0.25, 0.3) is 0 Å². The number of nitriles is 1. The summed E-state index contributed by atoms with van der Waals surface area (Å²) in [6, 6.07) is 6.21. The van der Waals surface area contributed by atoms with Crippen LogP contribution in [0.15, 0.2) is 18.3 Å². The van der Waals surface area contributed by atoms with Crippen LogP contribution in [0.25, 0.3) is 0 Å². The molecule has 0 atom stereocenters. The van der Waals surface area contributed by atoms with E-state index in [-0.39, 0.29) is 0 Å². The van der Waals surface area contributed by atoms with Crippen molar-refractivity contribution in [3.8, 4) is 6.07 Å². The third-order valence-corrected chi connectivity index (χ3v) is 3.82. The fourth-order valence-corrected chi connectivity index (χ4v) is 3.75. The minimum absolute atomic E-state index is 0.334. The van der Waals surface area contributed by atoms with Crippen molar-refractivity contribution in [1.82, 2.24) is 4.98 Å². The lowest BCUT2D eigenvalue weighted by Gasteiger charge is -2.45. The van der Waals surface area contributed by atoms with Crippen molar-refractivity contribution in [2.24, 2.45) is 10.8 Å². The first-order valence-electron chi connectivity index (χ1n) is 6.93. The molecule has 0 spiro atoms. The second-order valence-electron chi connectivity index (χ2n) is 7.27. The molecule has 1 aromatic heterocycles. The van der Waals surface area contributed by atoms with E-state index in [4.69, 9.17) is 5.26 Å². The Morgan fingerprint density at radius 3 is 2.47 bits per heavy atom. The molecule has 0 unspecified atom stereocenters. The average molecular weight is 257 g/mol. The summed E-state index contributed by atoms with van der Waals surface area (Å²) < 4.78 is 0. The zero-order valence-electron chi connectivity index (χ0n) is 12.3. The van der Waals surface area contributed by atoms with Gasteiger partial charge in [0.1, 0.15) is 11.9 Å². The fourth-order valence-electron chi connectivity index (χ4n) is 3.75. The van der Waals surface area contributed by atoms with E-state index in [1.165, 1.54) is 6.42 Å². The molecule has 0 aromatic carbocycles. The van der Waals surface area contributed by atoms with Gasteiger partial charge in [0.2, 0.25) is 0 Å². The fraction of sp³-hybridized carbons (Fsp3) is 0.625. The molecule has 0 saturated heterocycles. The molecule has 102 valence electrons. The number of nitrogens with zero attached hydrogens (tertiary/aromatic N) is 2. The van der Waals surface area contributed by atoms with Crippen molar-refractivity contribution < 1.29 is 0 Å². The highest BCUT2D eigenvalue weighted by Crippen LogP contribution is 2.46. The predicted octanol–water partition coefficient (Wildman–Crippen LogP) is 3.97. The zero-order chi connectivity index (χ0) is 14.1. The summed E-state index contributed by atoms with van der Waals surface area (Å²) in [6.45, 7) is 9.30. The molecule has 2 rings (SSSR count). The van der Waals surface area contributed by atoms with Gasteiger partial charge in [-0.3, -0.25) is 0 Å². The van der Waals surface area contributed by atoms with Gasteiger partial charge in [0.05, 0.1) is 5.56 Å². The number of hydrogen-bond acceptors (Lipinski definition) is 3. The molecule has 19 heavy (non-hydrogen) atoms. The van der Waals surface area contributed by atoms with Crippen LogP contribution in [0.2, 0.25) is 0 Å². The number of nitrogens with one attached hydrogen (secondary N) is 1. The third kappa shape index (κ3) is 3.47. The van der Waals surface area contributed by atoms with E-state index in [1.54, 1.807) is 12.3 Å². The quantitative estimate of drug-likeness (QED) is 0.872. The van der Waals surface area contributed by atoms with Crippen LogP contribution < -0.4 is 5.32 Å². The number of rotatable bonds is 2. The molecule has 3 nitrogen and oxygen atoms in total. The lowest BCUT2D eigenvalue weighted by molar-refractivity contribution is 0.105. The molecular weight excluding hydrogens is 234 g/mol. The van der Waals surface area contributed by atoms with Gasteiger partial charge in [-0.1, -0.05) is 27.7 Å². The van der Waals surface area contributed by atoms with Crippen molar-refractivity contribution in [3.63, 3.8) is 0 Å². The van der Waals surface area contributed by atoms with Gasteiger partial charge in [0, 0.05) is 12.2 Å². The molecule has 0 bridgehead atoms. The molecule has 1 fully saturated rings. The Balaban J connectivity index is 2.17. The zero-order valence-corrected chi connectivity index (χ0v) is 12.3. The van der Waals surface area contributed by atoms with Crippen LogP contribution in [-0.2, 0) is 0 Å². The van der Waals surface area contributed by atoms with Crippen molar-refractivity contribution in [3.05, 3.63) is 23.9 Å². The molecule has 1 heterocycles. The Hall–Kier alpha value is -1.56. The molecule has 1 aliphatic rings. The first-order valence-corrected chi connectivity index (χ1v) is 6.93. The van der Waals surface area contributed by atoms with Crippen molar-refractivity contribution in [2.75, 3.05) is 5.32 Å². The minimum Gasteiger partial charge on any atom is -0.366 e. The SMILES string of the molecule is CC1(C)CC(Nc2ncccc2C#N)CC(C)(C)C1. The summed E-state index contributed by atoms with van der Waals surface area (Å²) in [5.41, 5.74) is 1.30. The average Bonchev–Trinajstić information content (AvgIpc) is 2.25. The van der Waals surface area contributed by atoms with Crippen LogP contribution >= 0.6 is 0 Å². The molecule has 1 aliphatic carbocycles. The van der Waals surface area contributed by atoms with E-state index in [0.717, 1.165) is 18.7 Å². The normalized spacial score (nSPS) is 21.6. The predicted molar refractivity (Wildman–Crippen MR) is 77.8 cm³/mol. The Kier molecular flexibility index (Phi) is 3.54. The maximum absolute atomic E-state index is 9.12. The molecule has 0 amide bonds. The van der Waals surface area contributed by atoms with Crippen molar-refractivity contribution in [1.29, 1.82) is 5.26 Å². The van der Waals surface area contributed by atoms with Crippen LogP contribution in [0.5, 0.6) is 0 Å². The standard InChI is InChI=1S/C16H23N3/c1-15(2)8-13(9-16(3,4)11-15)19-14-12(10-17)6-5-7-18-14/h5-7,13H,8-9,11H2,1-4H3,(H,18,19). The van der Waals surface area contributed by atoms with E-state index >= 15 is 0 Å². The second kappa shape index (κ2) is 4.85. The lowest BCUT2D eigenvalue weighted by Crippen LogP contribution is -2.40. The smallest absolute Gasteiger partial charge is 0.144 e. The van der Waals surface area contributed by atoms with Crippen molar-refractivity contribution in [2.45, 2.75) is 53.0 Å². The summed E-state index contributed by atoms with van der Waals surface area (Å²) in [4.78, 5) is 4.31. The van der Waals surface area contributed by atoms with Crippen LogP contribution in [-0.4, -0.2) is 11.0 Å². The number of anilines is 1. The summed E-state index contributed by atoms with van der Waals surface area (Å²) in [7, 11) is 0. The Morgan fingerprint density at radius 2 is 1.89 bits per heavy atom. The molecule has 1 saturated carbocycles. The maximum Gasteiger partial charge on any atom is 0.144 e. The second-order valence-corrected chi connectivity index (χ2v) is 7.27. The van der Waals surface area contributed by atoms with E-state index in [2.05, 4.69) is 44.1 Å². The Labute approximate surface area is 116 Å². The highest BCUT2D eigenvalue weighted by molar-refractivity contribution is 5.51. The molecule has 1 N–H and O–H groups in total. The van der Waals surface area contributed by atoms with Gasteiger partial charge in [-0.15, -0.1) is 0 Å². The number of aromatic nitrogens is 1. The summed E-state index contributed by atoms with van der Waals surface area (Å²) in [5, 5.41) is 12.6. The van der Waals surface area contributed by atoms with Gasteiger partial charge >= 0.3 is 0 Å². The molecule has 1 aromatic rings.